The molecule has 2 N–H and O–H groups in total. The van der Waals surface area contributed by atoms with Crippen LogP contribution < -0.4 is 5.32 Å². The van der Waals surface area contributed by atoms with Crippen LogP contribution in [0.4, 0.5) is 0 Å². The first-order valence-electron chi connectivity index (χ1n) is 4.59. The molecule has 0 saturated carbocycles. The van der Waals surface area contributed by atoms with Crippen molar-refractivity contribution in [3.63, 3.8) is 0 Å². The quantitative estimate of drug-likeness (QED) is 0.763. The monoisotopic (exact) mass is 228 g/mol. The van der Waals surface area contributed by atoms with Gasteiger partial charge in [-0.1, -0.05) is 11.6 Å². The molecule has 1 atom stereocenters. The van der Waals surface area contributed by atoms with E-state index in [4.69, 9.17) is 16.7 Å². The van der Waals surface area contributed by atoms with Crippen molar-refractivity contribution >= 4 is 17.5 Å². The first-order chi connectivity index (χ1) is 7.04. The van der Waals surface area contributed by atoms with Crippen molar-refractivity contribution in [2.75, 3.05) is 6.61 Å². The molecule has 0 aromatic carbocycles. The fourth-order valence-corrected chi connectivity index (χ4v) is 1.31. The van der Waals surface area contributed by atoms with Gasteiger partial charge in [0, 0.05) is 6.04 Å². The number of pyridine rings is 1. The summed E-state index contributed by atoms with van der Waals surface area (Å²) in [5, 5.41) is 11.8. The maximum Gasteiger partial charge on any atom is 0.253 e. The van der Waals surface area contributed by atoms with E-state index in [1.165, 1.54) is 0 Å². The average molecular weight is 229 g/mol. The Labute approximate surface area is 93.3 Å². The molecule has 1 unspecified atom stereocenters. The van der Waals surface area contributed by atoms with Crippen LogP contribution in [-0.2, 0) is 0 Å². The van der Waals surface area contributed by atoms with Gasteiger partial charge in [-0.15, -0.1) is 0 Å². The number of aromatic nitrogens is 1. The largest absolute Gasteiger partial charge is 0.394 e. The first kappa shape index (κ1) is 11.9. The Kier molecular flexibility index (Phi) is 4.05. The lowest BCUT2D eigenvalue weighted by molar-refractivity contribution is 0.0921. The summed E-state index contributed by atoms with van der Waals surface area (Å²) < 4.78 is 0. The topological polar surface area (TPSA) is 62.2 Å². The molecule has 4 nitrogen and oxygen atoms in total. The summed E-state index contributed by atoms with van der Waals surface area (Å²) in [4.78, 5) is 15.6. The van der Waals surface area contributed by atoms with Crippen LogP contribution in [0.25, 0.3) is 0 Å². The van der Waals surface area contributed by atoms with Gasteiger partial charge in [-0.3, -0.25) is 4.79 Å². The van der Waals surface area contributed by atoms with Crippen LogP contribution in [0.1, 0.15) is 23.0 Å². The lowest BCUT2D eigenvalue weighted by atomic mass is 10.2. The van der Waals surface area contributed by atoms with E-state index >= 15 is 0 Å². The van der Waals surface area contributed by atoms with E-state index in [1.54, 1.807) is 26.0 Å². The molecule has 5 heteroatoms. The third-order valence-corrected chi connectivity index (χ3v) is 2.16. The molecular formula is C10H13ClN2O2. The third-order valence-electron chi connectivity index (χ3n) is 1.95. The van der Waals surface area contributed by atoms with Gasteiger partial charge in [-0.05, 0) is 26.0 Å². The van der Waals surface area contributed by atoms with E-state index in [-0.39, 0.29) is 18.6 Å². The van der Waals surface area contributed by atoms with Crippen molar-refractivity contribution in [3.05, 3.63) is 28.5 Å². The van der Waals surface area contributed by atoms with Gasteiger partial charge in [0.15, 0.2) is 0 Å². The Morgan fingerprint density at radius 2 is 2.33 bits per heavy atom. The molecule has 0 aliphatic rings. The molecule has 1 aromatic rings. The molecule has 82 valence electrons. The molecule has 1 aromatic heterocycles. The standard InChI is InChI=1S/C10H13ClN2O2/c1-6(5-14)12-10(15)8-3-4-9(11)13-7(8)2/h3-4,6,14H,5H2,1-2H3,(H,12,15). The zero-order valence-corrected chi connectivity index (χ0v) is 9.38. The van der Waals surface area contributed by atoms with E-state index < -0.39 is 0 Å². The van der Waals surface area contributed by atoms with E-state index in [1.807, 2.05) is 0 Å². The highest BCUT2D eigenvalue weighted by Gasteiger charge is 2.12. The summed E-state index contributed by atoms with van der Waals surface area (Å²) in [6, 6.07) is 2.91. The first-order valence-corrected chi connectivity index (χ1v) is 4.97. The Hall–Kier alpha value is -1.13. The van der Waals surface area contributed by atoms with Crippen molar-refractivity contribution in [1.82, 2.24) is 10.3 Å². The normalized spacial score (nSPS) is 12.3. The summed E-state index contributed by atoms with van der Waals surface area (Å²) >= 11 is 5.67. The summed E-state index contributed by atoms with van der Waals surface area (Å²) in [6.07, 6.45) is 0. The van der Waals surface area contributed by atoms with Gasteiger partial charge in [-0.25, -0.2) is 4.98 Å². The molecule has 1 rings (SSSR count). The number of aliphatic hydroxyl groups is 1. The van der Waals surface area contributed by atoms with Crippen LogP contribution in [0.5, 0.6) is 0 Å². The van der Waals surface area contributed by atoms with Crippen molar-refractivity contribution < 1.29 is 9.90 Å². The third kappa shape index (κ3) is 3.18. The molecule has 0 saturated heterocycles. The van der Waals surface area contributed by atoms with E-state index in [0.717, 1.165) is 0 Å². The second kappa shape index (κ2) is 5.09. The highest BCUT2D eigenvalue weighted by Crippen LogP contribution is 2.10. The minimum atomic E-state index is -0.271. The van der Waals surface area contributed by atoms with Crippen molar-refractivity contribution in [2.24, 2.45) is 0 Å². The lowest BCUT2D eigenvalue weighted by Crippen LogP contribution is -2.35. The fourth-order valence-electron chi connectivity index (χ4n) is 1.12. The van der Waals surface area contributed by atoms with Crippen LogP contribution in [-0.4, -0.2) is 28.6 Å². The molecule has 15 heavy (non-hydrogen) atoms. The molecule has 0 spiro atoms. The Bertz CT molecular complexity index is 368. The van der Waals surface area contributed by atoms with Gasteiger partial charge in [0.25, 0.3) is 5.91 Å². The molecule has 0 fully saturated rings. The Morgan fingerprint density at radius 1 is 1.67 bits per heavy atom. The summed E-state index contributed by atoms with van der Waals surface area (Å²) in [5.74, 6) is -0.252. The second-order valence-electron chi connectivity index (χ2n) is 3.32. The molecule has 0 aliphatic heterocycles. The summed E-state index contributed by atoms with van der Waals surface area (Å²) in [6.45, 7) is 3.34. The highest BCUT2D eigenvalue weighted by molar-refractivity contribution is 6.29. The van der Waals surface area contributed by atoms with Gasteiger partial charge < -0.3 is 10.4 Å². The van der Waals surface area contributed by atoms with Gasteiger partial charge in [0.05, 0.1) is 17.9 Å². The smallest absolute Gasteiger partial charge is 0.253 e. The van der Waals surface area contributed by atoms with E-state index in [2.05, 4.69) is 10.3 Å². The average Bonchev–Trinajstić information content (AvgIpc) is 2.17. The number of nitrogens with zero attached hydrogens (tertiary/aromatic N) is 1. The number of aryl methyl sites for hydroxylation is 1. The molecule has 0 aliphatic carbocycles. The fraction of sp³-hybridized carbons (Fsp3) is 0.400. The van der Waals surface area contributed by atoms with Crippen molar-refractivity contribution in [2.45, 2.75) is 19.9 Å². The van der Waals surface area contributed by atoms with Crippen molar-refractivity contribution in [1.29, 1.82) is 0 Å². The number of carbonyl (C=O) groups is 1. The minimum Gasteiger partial charge on any atom is -0.394 e. The van der Waals surface area contributed by atoms with Gasteiger partial charge in [0.1, 0.15) is 5.15 Å². The summed E-state index contributed by atoms with van der Waals surface area (Å²) in [5.41, 5.74) is 1.05. The van der Waals surface area contributed by atoms with Gasteiger partial charge >= 0.3 is 0 Å². The Balaban J connectivity index is 2.82. The SMILES string of the molecule is Cc1nc(Cl)ccc1C(=O)NC(C)CO. The zero-order chi connectivity index (χ0) is 11.4. The molecule has 0 radical (unpaired) electrons. The van der Waals surface area contributed by atoms with Crippen LogP contribution in [0.3, 0.4) is 0 Å². The minimum absolute atomic E-state index is 0.0915. The number of carbonyl (C=O) groups excluding carboxylic acids is 1. The Morgan fingerprint density at radius 3 is 2.87 bits per heavy atom. The lowest BCUT2D eigenvalue weighted by Gasteiger charge is -2.11. The highest BCUT2D eigenvalue weighted by atomic mass is 35.5. The summed E-state index contributed by atoms with van der Waals surface area (Å²) in [7, 11) is 0. The number of hydrogen-bond donors (Lipinski definition) is 2. The van der Waals surface area contributed by atoms with Gasteiger partial charge in [0.2, 0.25) is 0 Å². The predicted octanol–water partition coefficient (Wildman–Crippen LogP) is 1.15. The zero-order valence-electron chi connectivity index (χ0n) is 8.62. The molecule has 1 amide bonds. The van der Waals surface area contributed by atoms with E-state index in [0.29, 0.717) is 16.4 Å². The van der Waals surface area contributed by atoms with Crippen LogP contribution >= 0.6 is 11.6 Å². The number of hydrogen-bond acceptors (Lipinski definition) is 3. The number of rotatable bonds is 3. The van der Waals surface area contributed by atoms with Crippen molar-refractivity contribution in [3.8, 4) is 0 Å². The maximum absolute atomic E-state index is 11.6. The van der Waals surface area contributed by atoms with Crippen LogP contribution in [0.2, 0.25) is 5.15 Å². The second-order valence-corrected chi connectivity index (χ2v) is 3.71. The molecule has 1 heterocycles. The van der Waals surface area contributed by atoms with Crippen LogP contribution in [0.15, 0.2) is 12.1 Å². The number of nitrogens with one attached hydrogen (secondary N) is 1. The van der Waals surface area contributed by atoms with Gasteiger partial charge in [-0.2, -0.15) is 0 Å². The maximum atomic E-state index is 11.6. The number of aliphatic hydroxyl groups excluding tert-OH is 1. The van der Waals surface area contributed by atoms with E-state index in [9.17, 15) is 4.79 Å². The predicted molar refractivity (Wildman–Crippen MR) is 58.0 cm³/mol. The molecular weight excluding hydrogens is 216 g/mol. The number of amides is 1. The van der Waals surface area contributed by atoms with Crippen LogP contribution in [0, 0.1) is 6.92 Å². The number of halogens is 1. The molecule has 0 bridgehead atoms.